The van der Waals surface area contributed by atoms with E-state index in [0.717, 1.165) is 11.0 Å². The van der Waals surface area contributed by atoms with Gasteiger partial charge in [-0.25, -0.2) is 4.98 Å². The van der Waals surface area contributed by atoms with Crippen molar-refractivity contribution in [3.8, 4) is 0 Å². The van der Waals surface area contributed by atoms with Gasteiger partial charge in [0.05, 0.1) is 17.1 Å². The first-order valence-corrected chi connectivity index (χ1v) is 6.28. The van der Waals surface area contributed by atoms with Gasteiger partial charge in [0.2, 0.25) is 5.91 Å². The van der Waals surface area contributed by atoms with Gasteiger partial charge in [-0.2, -0.15) is 0 Å². The van der Waals surface area contributed by atoms with Crippen LogP contribution in [0.5, 0.6) is 0 Å². The summed E-state index contributed by atoms with van der Waals surface area (Å²) < 4.78 is 1.94. The molecular weight excluding hydrogens is 244 g/mol. The second-order valence-electron chi connectivity index (χ2n) is 4.93. The zero-order chi connectivity index (χ0) is 13.6. The molecule has 6 nitrogen and oxygen atoms in total. The van der Waals surface area contributed by atoms with Crippen LogP contribution in [-0.4, -0.2) is 27.1 Å². The van der Waals surface area contributed by atoms with E-state index in [4.69, 9.17) is 5.73 Å². The van der Waals surface area contributed by atoms with Crippen molar-refractivity contribution in [2.24, 2.45) is 0 Å². The van der Waals surface area contributed by atoms with Gasteiger partial charge >= 0.3 is 0 Å². The number of aromatic nitrogens is 2. The number of nitrogens with two attached hydrogens (primary N) is 1. The largest absolute Gasteiger partial charge is 0.399 e. The Bertz CT molecular complexity index is 647. The van der Waals surface area contributed by atoms with Crippen molar-refractivity contribution >= 4 is 22.6 Å². The maximum absolute atomic E-state index is 11.4. The van der Waals surface area contributed by atoms with Crippen molar-refractivity contribution in [1.29, 1.82) is 0 Å². The topological polar surface area (TPSA) is 93.2 Å². The molecule has 2 aromatic rings. The van der Waals surface area contributed by atoms with E-state index < -0.39 is 6.10 Å². The molecule has 100 valence electrons. The Morgan fingerprint density at radius 3 is 3.00 bits per heavy atom. The zero-order valence-corrected chi connectivity index (χ0v) is 10.6. The highest BCUT2D eigenvalue weighted by molar-refractivity contribution is 5.82. The molecule has 3 rings (SSSR count). The molecule has 1 fully saturated rings. The van der Waals surface area contributed by atoms with Crippen LogP contribution < -0.4 is 11.1 Å². The minimum absolute atomic E-state index is 0.00859. The summed E-state index contributed by atoms with van der Waals surface area (Å²) in [5, 5.41) is 12.7. The minimum Gasteiger partial charge on any atom is -0.399 e. The summed E-state index contributed by atoms with van der Waals surface area (Å²) in [6, 6.07) is 5.45. The molecule has 1 aliphatic heterocycles. The summed E-state index contributed by atoms with van der Waals surface area (Å²) in [4.78, 5) is 15.8. The highest BCUT2D eigenvalue weighted by Crippen LogP contribution is 2.29. The van der Waals surface area contributed by atoms with E-state index in [2.05, 4.69) is 10.3 Å². The third-order valence-electron chi connectivity index (χ3n) is 3.44. The van der Waals surface area contributed by atoms with E-state index >= 15 is 0 Å². The fourth-order valence-corrected chi connectivity index (χ4v) is 2.59. The summed E-state index contributed by atoms with van der Waals surface area (Å²) in [6.45, 7) is 2.24. The number of hydrogen-bond acceptors (Lipinski definition) is 4. The molecule has 2 atom stereocenters. The predicted octanol–water partition coefficient (Wildman–Crippen LogP) is 0.733. The van der Waals surface area contributed by atoms with Crippen molar-refractivity contribution in [3.05, 3.63) is 24.0 Å². The number of nitrogens with one attached hydrogen (secondary N) is 1. The molecule has 0 saturated carbocycles. The Labute approximate surface area is 110 Å². The van der Waals surface area contributed by atoms with Crippen molar-refractivity contribution in [2.45, 2.75) is 25.5 Å². The van der Waals surface area contributed by atoms with E-state index in [1.807, 2.05) is 10.6 Å². The number of benzene rings is 1. The number of amides is 1. The van der Waals surface area contributed by atoms with Crippen LogP contribution >= 0.6 is 0 Å². The fourth-order valence-electron chi connectivity index (χ4n) is 2.59. The SMILES string of the molecule is CC(O)c1nc2cc(N)ccc2n1C1CNC(=O)C1. The van der Waals surface area contributed by atoms with Crippen LogP contribution in [0.3, 0.4) is 0 Å². The molecule has 0 bridgehead atoms. The van der Waals surface area contributed by atoms with Gasteiger partial charge < -0.3 is 20.7 Å². The summed E-state index contributed by atoms with van der Waals surface area (Å²) in [5.74, 6) is 0.598. The van der Waals surface area contributed by atoms with Crippen molar-refractivity contribution in [1.82, 2.24) is 14.9 Å². The quantitative estimate of drug-likeness (QED) is 0.694. The van der Waals surface area contributed by atoms with Gasteiger partial charge in [-0.3, -0.25) is 4.79 Å². The average molecular weight is 260 g/mol. The van der Waals surface area contributed by atoms with Crippen LogP contribution in [0.1, 0.15) is 31.3 Å². The van der Waals surface area contributed by atoms with Gasteiger partial charge in [-0.15, -0.1) is 0 Å². The van der Waals surface area contributed by atoms with Crippen LogP contribution in [0, 0.1) is 0 Å². The molecule has 0 aliphatic carbocycles. The smallest absolute Gasteiger partial charge is 0.222 e. The van der Waals surface area contributed by atoms with E-state index in [0.29, 0.717) is 24.5 Å². The lowest BCUT2D eigenvalue weighted by molar-refractivity contribution is -0.119. The van der Waals surface area contributed by atoms with Crippen LogP contribution in [0.2, 0.25) is 0 Å². The molecule has 4 N–H and O–H groups in total. The van der Waals surface area contributed by atoms with Crippen molar-refractivity contribution in [2.75, 3.05) is 12.3 Å². The molecule has 0 spiro atoms. The number of carbonyl (C=O) groups is 1. The van der Waals surface area contributed by atoms with Gasteiger partial charge in [0.25, 0.3) is 0 Å². The average Bonchev–Trinajstić information content (AvgIpc) is 2.91. The van der Waals surface area contributed by atoms with Crippen LogP contribution in [-0.2, 0) is 4.79 Å². The molecule has 1 amide bonds. The van der Waals surface area contributed by atoms with Gasteiger partial charge in [-0.05, 0) is 25.1 Å². The molecule has 6 heteroatoms. The number of carbonyl (C=O) groups excluding carboxylic acids is 1. The normalized spacial score (nSPS) is 20.7. The van der Waals surface area contributed by atoms with Crippen LogP contribution in [0.15, 0.2) is 18.2 Å². The number of aliphatic hydroxyl groups excluding tert-OH is 1. The highest BCUT2D eigenvalue weighted by atomic mass is 16.3. The number of nitrogen functional groups attached to an aromatic ring is 1. The second-order valence-corrected chi connectivity index (χ2v) is 4.93. The number of fused-ring (bicyclic) bond motifs is 1. The van der Waals surface area contributed by atoms with Gasteiger partial charge in [0.15, 0.2) is 0 Å². The minimum atomic E-state index is -0.690. The first-order chi connectivity index (χ1) is 9.06. The Balaban J connectivity index is 2.19. The maximum atomic E-state index is 11.4. The molecular formula is C13H16N4O2. The zero-order valence-electron chi connectivity index (χ0n) is 10.6. The number of imidazole rings is 1. The summed E-state index contributed by atoms with van der Waals surface area (Å²) in [5.41, 5.74) is 8.03. The van der Waals surface area contributed by atoms with E-state index in [1.165, 1.54) is 0 Å². The number of hydrogen-bond donors (Lipinski definition) is 3. The molecule has 19 heavy (non-hydrogen) atoms. The third kappa shape index (κ3) is 1.94. The lowest BCUT2D eigenvalue weighted by Gasteiger charge is -2.16. The second kappa shape index (κ2) is 4.24. The molecule has 1 saturated heterocycles. The molecule has 0 radical (unpaired) electrons. The lowest BCUT2D eigenvalue weighted by Crippen LogP contribution is -2.17. The summed E-state index contributed by atoms with van der Waals surface area (Å²) in [6.07, 6.45) is -0.278. The number of aliphatic hydroxyl groups is 1. The molecule has 2 unspecified atom stereocenters. The number of anilines is 1. The summed E-state index contributed by atoms with van der Waals surface area (Å²) in [7, 11) is 0. The molecule has 1 aromatic heterocycles. The number of rotatable bonds is 2. The maximum Gasteiger partial charge on any atom is 0.222 e. The van der Waals surface area contributed by atoms with Crippen LogP contribution in [0.4, 0.5) is 5.69 Å². The molecule has 1 aliphatic rings. The summed E-state index contributed by atoms with van der Waals surface area (Å²) >= 11 is 0. The Kier molecular flexibility index (Phi) is 2.67. The first-order valence-electron chi connectivity index (χ1n) is 6.28. The van der Waals surface area contributed by atoms with E-state index in [9.17, 15) is 9.90 Å². The molecule has 1 aromatic carbocycles. The molecule has 2 heterocycles. The van der Waals surface area contributed by atoms with Gasteiger partial charge in [-0.1, -0.05) is 0 Å². The fraction of sp³-hybridized carbons (Fsp3) is 0.385. The van der Waals surface area contributed by atoms with Crippen molar-refractivity contribution in [3.63, 3.8) is 0 Å². The van der Waals surface area contributed by atoms with Gasteiger partial charge in [0, 0.05) is 18.7 Å². The predicted molar refractivity (Wildman–Crippen MR) is 71.4 cm³/mol. The van der Waals surface area contributed by atoms with E-state index in [1.54, 1.807) is 19.1 Å². The van der Waals surface area contributed by atoms with Gasteiger partial charge in [0.1, 0.15) is 11.9 Å². The Hall–Kier alpha value is -2.08. The third-order valence-corrected chi connectivity index (χ3v) is 3.44. The monoisotopic (exact) mass is 260 g/mol. The van der Waals surface area contributed by atoms with E-state index in [-0.39, 0.29) is 11.9 Å². The Morgan fingerprint density at radius 2 is 2.37 bits per heavy atom. The first kappa shape index (κ1) is 12.0. The Morgan fingerprint density at radius 1 is 1.58 bits per heavy atom. The number of nitrogens with zero attached hydrogens (tertiary/aromatic N) is 2. The lowest BCUT2D eigenvalue weighted by atomic mass is 10.2. The highest BCUT2D eigenvalue weighted by Gasteiger charge is 2.28. The standard InChI is InChI=1S/C13H16N4O2/c1-7(18)13-16-10-4-8(14)2-3-11(10)17(13)9-5-12(19)15-6-9/h2-4,7,9,18H,5-6,14H2,1H3,(H,15,19). The van der Waals surface area contributed by atoms with Crippen LogP contribution in [0.25, 0.3) is 11.0 Å². The van der Waals surface area contributed by atoms with Crippen molar-refractivity contribution < 1.29 is 9.90 Å².